The molecule has 0 aliphatic rings. The van der Waals surface area contributed by atoms with Gasteiger partial charge in [0, 0.05) is 24.5 Å². The zero-order chi connectivity index (χ0) is 14.4. The Bertz CT molecular complexity index is 528. The molecule has 0 aliphatic heterocycles. The van der Waals surface area contributed by atoms with Gasteiger partial charge in [-0.2, -0.15) is 0 Å². The maximum Gasteiger partial charge on any atom is 0.122 e. The van der Waals surface area contributed by atoms with Crippen molar-refractivity contribution < 1.29 is 4.74 Å². The molecule has 1 N–H and O–H groups in total. The molecule has 2 rings (SSSR count). The van der Waals surface area contributed by atoms with Crippen LogP contribution < -0.4 is 10.1 Å². The fourth-order valence-corrected chi connectivity index (χ4v) is 2.44. The van der Waals surface area contributed by atoms with Gasteiger partial charge in [-0.15, -0.1) is 0 Å². The van der Waals surface area contributed by atoms with E-state index >= 15 is 0 Å². The van der Waals surface area contributed by atoms with Crippen molar-refractivity contribution in [2.24, 2.45) is 0 Å². The van der Waals surface area contributed by atoms with E-state index in [0.717, 1.165) is 12.2 Å². The van der Waals surface area contributed by atoms with Crippen molar-refractivity contribution in [2.75, 3.05) is 7.11 Å². The summed E-state index contributed by atoms with van der Waals surface area (Å²) in [7, 11) is 1.72. The largest absolute Gasteiger partial charge is 0.496 e. The summed E-state index contributed by atoms with van der Waals surface area (Å²) in [4.78, 5) is 4.05. The minimum Gasteiger partial charge on any atom is -0.496 e. The highest BCUT2D eigenvalue weighted by atomic mass is 16.5. The lowest BCUT2D eigenvalue weighted by molar-refractivity contribution is 0.403. The number of benzene rings is 1. The number of rotatable bonds is 6. The van der Waals surface area contributed by atoms with Gasteiger partial charge in [-0.1, -0.05) is 18.2 Å². The zero-order valence-electron chi connectivity index (χ0n) is 12.3. The summed E-state index contributed by atoms with van der Waals surface area (Å²) in [6.07, 6.45) is 4.61. The Labute approximate surface area is 121 Å². The smallest absolute Gasteiger partial charge is 0.122 e. The average Bonchev–Trinajstić information content (AvgIpc) is 2.48. The van der Waals surface area contributed by atoms with Gasteiger partial charge in [-0.05, 0) is 49.6 Å². The summed E-state index contributed by atoms with van der Waals surface area (Å²) < 4.78 is 5.40. The number of hydrogen-bond acceptors (Lipinski definition) is 3. The van der Waals surface area contributed by atoms with E-state index in [-0.39, 0.29) is 0 Å². The van der Waals surface area contributed by atoms with Crippen LogP contribution in [0.2, 0.25) is 0 Å². The molecule has 3 nitrogen and oxygen atoms in total. The Kier molecular flexibility index (Phi) is 5.13. The van der Waals surface area contributed by atoms with E-state index in [4.69, 9.17) is 4.74 Å². The van der Waals surface area contributed by atoms with Crippen LogP contribution in [0.4, 0.5) is 0 Å². The van der Waals surface area contributed by atoms with E-state index in [9.17, 15) is 0 Å². The van der Waals surface area contributed by atoms with Crippen LogP contribution >= 0.6 is 0 Å². The first-order valence-corrected chi connectivity index (χ1v) is 6.98. The van der Waals surface area contributed by atoms with Crippen LogP contribution in [0.1, 0.15) is 31.0 Å². The highest BCUT2D eigenvalue weighted by Crippen LogP contribution is 2.20. The predicted octanol–water partition coefficient (Wildman–Crippen LogP) is 3.37. The van der Waals surface area contributed by atoms with Crippen molar-refractivity contribution in [2.45, 2.75) is 32.4 Å². The monoisotopic (exact) mass is 270 g/mol. The topological polar surface area (TPSA) is 34.1 Å². The Morgan fingerprint density at radius 3 is 2.50 bits per heavy atom. The van der Waals surface area contributed by atoms with Crippen LogP contribution in [-0.4, -0.2) is 18.1 Å². The second-order valence-corrected chi connectivity index (χ2v) is 5.09. The third kappa shape index (κ3) is 3.81. The molecule has 0 amide bonds. The van der Waals surface area contributed by atoms with Gasteiger partial charge < -0.3 is 10.1 Å². The zero-order valence-corrected chi connectivity index (χ0v) is 12.3. The second kappa shape index (κ2) is 7.06. The number of nitrogens with one attached hydrogen (secondary N) is 1. The van der Waals surface area contributed by atoms with E-state index in [1.165, 1.54) is 11.1 Å². The van der Waals surface area contributed by atoms with Crippen LogP contribution in [-0.2, 0) is 6.42 Å². The molecule has 1 aromatic heterocycles. The third-order valence-corrected chi connectivity index (χ3v) is 3.46. The molecule has 0 radical (unpaired) electrons. The van der Waals surface area contributed by atoms with Gasteiger partial charge in [0.15, 0.2) is 0 Å². The quantitative estimate of drug-likeness (QED) is 0.874. The standard InChI is InChI=1S/C17H22N2O/c1-13(12-16-6-4-5-7-17(16)20-3)19-14(2)15-8-10-18-11-9-15/h4-11,13-14,19H,12H2,1-3H3/t13?,14-/m1/s1. The first-order valence-electron chi connectivity index (χ1n) is 6.98. The third-order valence-electron chi connectivity index (χ3n) is 3.46. The maximum atomic E-state index is 5.40. The molecule has 0 bridgehead atoms. The number of methoxy groups -OCH3 is 1. The van der Waals surface area contributed by atoms with Crippen LogP contribution in [0.3, 0.4) is 0 Å². The summed E-state index contributed by atoms with van der Waals surface area (Å²) in [5, 5.41) is 3.61. The first-order chi connectivity index (χ1) is 9.70. The molecular weight excluding hydrogens is 248 g/mol. The SMILES string of the molecule is COc1ccccc1CC(C)N[C@H](C)c1ccncc1. The van der Waals surface area contributed by atoms with E-state index in [1.54, 1.807) is 7.11 Å². The van der Waals surface area contributed by atoms with Gasteiger partial charge in [0.25, 0.3) is 0 Å². The van der Waals surface area contributed by atoms with Crippen molar-refractivity contribution in [1.29, 1.82) is 0 Å². The lowest BCUT2D eigenvalue weighted by Crippen LogP contribution is -2.30. The number of ether oxygens (including phenoxy) is 1. The molecule has 1 aromatic carbocycles. The number of hydrogen-bond donors (Lipinski definition) is 1. The van der Waals surface area contributed by atoms with Gasteiger partial charge in [0.2, 0.25) is 0 Å². The first kappa shape index (κ1) is 14.5. The molecule has 0 spiro atoms. The minimum absolute atomic E-state index is 0.308. The molecule has 0 saturated carbocycles. The number of para-hydroxylation sites is 1. The molecular formula is C17H22N2O. The molecule has 1 unspecified atom stereocenters. The van der Waals surface area contributed by atoms with Crippen LogP contribution in [0.25, 0.3) is 0 Å². The van der Waals surface area contributed by atoms with Gasteiger partial charge in [-0.25, -0.2) is 0 Å². The fourth-order valence-electron chi connectivity index (χ4n) is 2.44. The molecule has 0 aliphatic carbocycles. The van der Waals surface area contributed by atoms with Crippen molar-refractivity contribution in [3.63, 3.8) is 0 Å². The Hall–Kier alpha value is -1.87. The van der Waals surface area contributed by atoms with Crippen LogP contribution in [0.15, 0.2) is 48.8 Å². The molecule has 2 aromatic rings. The normalized spacial score (nSPS) is 13.8. The van der Waals surface area contributed by atoms with Gasteiger partial charge in [0.1, 0.15) is 5.75 Å². The summed E-state index contributed by atoms with van der Waals surface area (Å²) in [5.74, 6) is 0.956. The van der Waals surface area contributed by atoms with Gasteiger partial charge in [0.05, 0.1) is 7.11 Å². The van der Waals surface area contributed by atoms with Gasteiger partial charge >= 0.3 is 0 Å². The van der Waals surface area contributed by atoms with E-state index in [2.05, 4.69) is 36.3 Å². The van der Waals surface area contributed by atoms with Crippen molar-refractivity contribution >= 4 is 0 Å². The number of aromatic nitrogens is 1. The van der Waals surface area contributed by atoms with E-state index in [1.807, 2.05) is 36.7 Å². The summed E-state index contributed by atoms with van der Waals surface area (Å²) in [6.45, 7) is 4.37. The van der Waals surface area contributed by atoms with Crippen molar-refractivity contribution in [1.82, 2.24) is 10.3 Å². The maximum absolute atomic E-state index is 5.40. The molecule has 1 heterocycles. The highest BCUT2D eigenvalue weighted by Gasteiger charge is 2.11. The Morgan fingerprint density at radius 2 is 1.80 bits per heavy atom. The molecule has 20 heavy (non-hydrogen) atoms. The second-order valence-electron chi connectivity index (χ2n) is 5.09. The lowest BCUT2D eigenvalue weighted by atomic mass is 10.0. The molecule has 0 fully saturated rings. The number of nitrogens with zero attached hydrogens (tertiary/aromatic N) is 1. The molecule has 3 heteroatoms. The Balaban J connectivity index is 1.97. The van der Waals surface area contributed by atoms with Crippen molar-refractivity contribution in [3.8, 4) is 5.75 Å². The minimum atomic E-state index is 0.308. The fraction of sp³-hybridized carbons (Fsp3) is 0.353. The summed E-state index contributed by atoms with van der Waals surface area (Å²) >= 11 is 0. The lowest BCUT2D eigenvalue weighted by Gasteiger charge is -2.21. The molecule has 2 atom stereocenters. The summed E-state index contributed by atoms with van der Waals surface area (Å²) in [5.41, 5.74) is 2.49. The predicted molar refractivity (Wildman–Crippen MR) is 81.9 cm³/mol. The average molecular weight is 270 g/mol. The van der Waals surface area contributed by atoms with E-state index in [0.29, 0.717) is 12.1 Å². The van der Waals surface area contributed by atoms with Crippen LogP contribution in [0.5, 0.6) is 5.75 Å². The highest BCUT2D eigenvalue weighted by molar-refractivity contribution is 5.33. The van der Waals surface area contributed by atoms with Gasteiger partial charge in [-0.3, -0.25) is 4.98 Å². The van der Waals surface area contributed by atoms with Crippen molar-refractivity contribution in [3.05, 3.63) is 59.9 Å². The van der Waals surface area contributed by atoms with Crippen LogP contribution in [0, 0.1) is 0 Å². The van der Waals surface area contributed by atoms with E-state index < -0.39 is 0 Å². The summed E-state index contributed by atoms with van der Waals surface area (Å²) in [6, 6.07) is 13.0. The molecule has 0 saturated heterocycles. The molecule has 106 valence electrons. The Morgan fingerprint density at radius 1 is 1.10 bits per heavy atom. The number of pyridine rings is 1.